The Bertz CT molecular complexity index is 722. The molecule has 1 aromatic carbocycles. The number of amides is 1. The maximum atomic E-state index is 12.5. The summed E-state index contributed by atoms with van der Waals surface area (Å²) in [5.74, 6) is -1.77. The number of carbonyl (C=O) groups is 1. The van der Waals surface area contributed by atoms with Crippen molar-refractivity contribution in [1.29, 1.82) is 0 Å². The zero-order valence-electron chi connectivity index (χ0n) is 12.7. The Morgan fingerprint density at radius 2 is 2.00 bits per heavy atom. The number of hydrogen-bond donors (Lipinski definition) is 0. The van der Waals surface area contributed by atoms with Gasteiger partial charge in [0, 0.05) is 24.8 Å². The van der Waals surface area contributed by atoms with Gasteiger partial charge in [-0.15, -0.1) is 0 Å². The molecule has 6 nitrogen and oxygen atoms in total. The third-order valence-electron chi connectivity index (χ3n) is 3.83. The van der Waals surface area contributed by atoms with Gasteiger partial charge in [0.1, 0.15) is 0 Å². The van der Waals surface area contributed by atoms with Crippen molar-refractivity contribution in [3.63, 3.8) is 0 Å². The summed E-state index contributed by atoms with van der Waals surface area (Å²) in [6.45, 7) is 1.13. The number of nitrogens with zero attached hydrogens (tertiary/aromatic N) is 3. The Balaban J connectivity index is 1.75. The van der Waals surface area contributed by atoms with E-state index in [1.807, 2.05) is 0 Å². The molecule has 0 N–H and O–H groups in total. The summed E-state index contributed by atoms with van der Waals surface area (Å²) in [5.41, 5.74) is 0.755. The maximum absolute atomic E-state index is 12.5. The van der Waals surface area contributed by atoms with Crippen LogP contribution >= 0.6 is 0 Å². The molecule has 1 unspecified atom stereocenters. The lowest BCUT2D eigenvalue weighted by atomic mass is 10.1. The Hall–Kier alpha value is -2.42. The molecule has 1 saturated heterocycles. The van der Waals surface area contributed by atoms with Gasteiger partial charge in [-0.25, -0.2) is 0 Å². The molecule has 24 heavy (non-hydrogen) atoms. The van der Waals surface area contributed by atoms with Crippen LogP contribution in [0.15, 0.2) is 28.8 Å². The van der Waals surface area contributed by atoms with E-state index < -0.39 is 12.1 Å². The van der Waals surface area contributed by atoms with E-state index in [0.717, 1.165) is 6.42 Å². The number of aromatic nitrogens is 2. The summed E-state index contributed by atoms with van der Waals surface area (Å²) in [4.78, 5) is 17.3. The van der Waals surface area contributed by atoms with E-state index >= 15 is 0 Å². The number of benzene rings is 1. The highest BCUT2D eigenvalue weighted by Crippen LogP contribution is 2.29. The summed E-state index contributed by atoms with van der Waals surface area (Å²) in [5, 5.41) is 3.31. The average Bonchev–Trinajstić information content (AvgIpc) is 3.24. The standard InChI is InChI=1S/C15H14F3N3O3/c1-21(11-6-7-23-8-11)13(22)10-4-2-9(3-5-10)12-19-14(24-20-12)15(16,17)18/h2-5,11H,6-8H2,1H3. The molecule has 1 aromatic heterocycles. The second-order valence-corrected chi connectivity index (χ2v) is 5.43. The van der Waals surface area contributed by atoms with E-state index in [2.05, 4.69) is 14.7 Å². The van der Waals surface area contributed by atoms with Gasteiger partial charge in [0.05, 0.1) is 12.6 Å². The number of halogens is 3. The van der Waals surface area contributed by atoms with Gasteiger partial charge in [-0.3, -0.25) is 4.79 Å². The van der Waals surface area contributed by atoms with E-state index in [0.29, 0.717) is 24.3 Å². The lowest BCUT2D eigenvalue weighted by molar-refractivity contribution is -0.159. The van der Waals surface area contributed by atoms with Crippen molar-refractivity contribution in [2.75, 3.05) is 20.3 Å². The number of carbonyl (C=O) groups excluding carboxylic acids is 1. The first-order chi connectivity index (χ1) is 11.4. The first-order valence-electron chi connectivity index (χ1n) is 7.22. The zero-order valence-corrected chi connectivity index (χ0v) is 12.7. The highest BCUT2D eigenvalue weighted by Gasteiger charge is 2.38. The summed E-state index contributed by atoms with van der Waals surface area (Å²) in [7, 11) is 1.70. The number of rotatable bonds is 3. The van der Waals surface area contributed by atoms with Gasteiger partial charge in [-0.1, -0.05) is 17.3 Å². The summed E-state index contributed by atoms with van der Waals surface area (Å²) in [6.07, 6.45) is -3.91. The minimum atomic E-state index is -4.69. The maximum Gasteiger partial charge on any atom is 0.471 e. The van der Waals surface area contributed by atoms with E-state index in [1.54, 1.807) is 11.9 Å². The fourth-order valence-corrected chi connectivity index (χ4v) is 2.41. The van der Waals surface area contributed by atoms with Crippen molar-refractivity contribution in [1.82, 2.24) is 15.0 Å². The fraction of sp³-hybridized carbons (Fsp3) is 0.400. The number of ether oxygens (including phenoxy) is 1. The molecule has 1 amide bonds. The molecule has 0 bridgehead atoms. The van der Waals surface area contributed by atoms with E-state index in [-0.39, 0.29) is 17.8 Å². The highest BCUT2D eigenvalue weighted by atomic mass is 19.4. The Morgan fingerprint density at radius 3 is 2.54 bits per heavy atom. The smallest absolute Gasteiger partial charge is 0.379 e. The van der Waals surface area contributed by atoms with Crippen LogP contribution in [0.25, 0.3) is 11.4 Å². The summed E-state index contributed by atoms with van der Waals surface area (Å²) >= 11 is 0. The van der Waals surface area contributed by atoms with Gasteiger partial charge in [0.25, 0.3) is 5.91 Å². The monoisotopic (exact) mass is 341 g/mol. The molecule has 128 valence electrons. The third kappa shape index (κ3) is 3.25. The zero-order chi connectivity index (χ0) is 17.3. The highest BCUT2D eigenvalue weighted by molar-refractivity contribution is 5.94. The molecule has 0 radical (unpaired) electrons. The largest absolute Gasteiger partial charge is 0.471 e. The number of likely N-dealkylation sites (N-methyl/N-ethyl adjacent to an activating group) is 1. The number of hydrogen-bond acceptors (Lipinski definition) is 5. The minimum absolute atomic E-state index is 0.0312. The first kappa shape index (κ1) is 16.4. The van der Waals surface area contributed by atoms with Crippen LogP contribution in [0.1, 0.15) is 22.7 Å². The van der Waals surface area contributed by atoms with Gasteiger partial charge in [0.2, 0.25) is 5.82 Å². The third-order valence-corrected chi connectivity index (χ3v) is 3.83. The van der Waals surface area contributed by atoms with Gasteiger partial charge < -0.3 is 14.2 Å². The van der Waals surface area contributed by atoms with E-state index in [4.69, 9.17) is 4.74 Å². The molecule has 0 spiro atoms. The van der Waals surface area contributed by atoms with Gasteiger partial charge in [-0.2, -0.15) is 18.2 Å². The van der Waals surface area contributed by atoms with Gasteiger partial charge in [-0.05, 0) is 18.6 Å². The van der Waals surface area contributed by atoms with Crippen molar-refractivity contribution >= 4 is 5.91 Å². The average molecular weight is 341 g/mol. The molecule has 1 atom stereocenters. The van der Waals surface area contributed by atoms with E-state index in [1.165, 1.54) is 24.3 Å². The second-order valence-electron chi connectivity index (χ2n) is 5.43. The lowest BCUT2D eigenvalue weighted by Crippen LogP contribution is -2.37. The van der Waals surface area contributed by atoms with Crippen LogP contribution in [-0.4, -0.2) is 47.3 Å². The summed E-state index contributed by atoms with van der Waals surface area (Å²) in [6, 6.07) is 6.04. The van der Waals surface area contributed by atoms with Crippen LogP contribution in [0.3, 0.4) is 0 Å². The molecule has 1 fully saturated rings. The Morgan fingerprint density at radius 1 is 1.29 bits per heavy atom. The predicted molar refractivity (Wildman–Crippen MR) is 76.1 cm³/mol. The van der Waals surface area contributed by atoms with Crippen LogP contribution in [0.5, 0.6) is 0 Å². The van der Waals surface area contributed by atoms with Gasteiger partial charge >= 0.3 is 12.1 Å². The van der Waals surface area contributed by atoms with Crippen LogP contribution in [0.2, 0.25) is 0 Å². The molecule has 0 saturated carbocycles. The van der Waals surface area contributed by atoms with Crippen molar-refractivity contribution in [3.8, 4) is 11.4 Å². The summed E-state index contributed by atoms with van der Waals surface area (Å²) < 4.78 is 46.9. The molecule has 2 heterocycles. The van der Waals surface area contributed by atoms with E-state index in [9.17, 15) is 18.0 Å². The second kappa shape index (κ2) is 6.23. The molecule has 9 heteroatoms. The van der Waals surface area contributed by atoms with Crippen molar-refractivity contribution in [2.45, 2.75) is 18.6 Å². The molecule has 0 aliphatic carbocycles. The van der Waals surface area contributed by atoms with Crippen LogP contribution < -0.4 is 0 Å². The van der Waals surface area contributed by atoms with Crippen molar-refractivity contribution < 1.29 is 27.2 Å². The quantitative estimate of drug-likeness (QED) is 0.858. The van der Waals surface area contributed by atoms with Crippen molar-refractivity contribution in [3.05, 3.63) is 35.7 Å². The molecular formula is C15H14F3N3O3. The lowest BCUT2D eigenvalue weighted by Gasteiger charge is -2.23. The first-order valence-corrected chi connectivity index (χ1v) is 7.22. The fourth-order valence-electron chi connectivity index (χ4n) is 2.41. The molecule has 1 aliphatic rings. The van der Waals surface area contributed by atoms with Crippen LogP contribution in [-0.2, 0) is 10.9 Å². The number of alkyl halides is 3. The molecule has 2 aromatic rings. The molecule has 1 aliphatic heterocycles. The molecule has 3 rings (SSSR count). The van der Waals surface area contributed by atoms with Gasteiger partial charge in [0.15, 0.2) is 0 Å². The normalized spacial score (nSPS) is 17.9. The Kier molecular flexibility index (Phi) is 4.27. The topological polar surface area (TPSA) is 68.5 Å². The minimum Gasteiger partial charge on any atom is -0.379 e. The van der Waals surface area contributed by atoms with Crippen LogP contribution in [0, 0.1) is 0 Å². The SMILES string of the molecule is CN(C(=O)c1ccc(-c2noc(C(F)(F)F)n2)cc1)C1CCOC1. The Labute approximate surface area is 135 Å². The van der Waals surface area contributed by atoms with Crippen LogP contribution in [0.4, 0.5) is 13.2 Å². The molecular weight excluding hydrogens is 327 g/mol. The van der Waals surface area contributed by atoms with Crippen molar-refractivity contribution in [2.24, 2.45) is 0 Å². The predicted octanol–water partition coefficient (Wildman–Crippen LogP) is 2.62.